The number of ether oxygens (including phenoxy) is 1. The largest absolute Gasteiger partial charge is 0.508 e. The number of methoxy groups -OCH3 is 1. The number of aromatic hydroxyl groups is 1. The summed E-state index contributed by atoms with van der Waals surface area (Å²) in [7, 11) is -0.218. The summed E-state index contributed by atoms with van der Waals surface area (Å²) >= 11 is 0. The zero-order chi connectivity index (χ0) is 20.9. The number of rotatable bonds is 6. The maximum atomic E-state index is 12.5. The Morgan fingerprint density at radius 3 is 2.63 bits per heavy atom. The Morgan fingerprint density at radius 1 is 1.30 bits per heavy atom. The fourth-order valence-corrected chi connectivity index (χ4v) is 4.53. The fourth-order valence-electron chi connectivity index (χ4n) is 3.11. The van der Waals surface area contributed by atoms with Crippen molar-refractivity contribution >= 4 is 40.0 Å². The van der Waals surface area contributed by atoms with Crippen LogP contribution >= 0.6 is 24.0 Å². The molecule has 1 aromatic carbocycles. The average molecular weight is 551 g/mol. The quantitative estimate of drug-likeness (QED) is 0.313. The molecule has 0 spiro atoms. The number of phenols is 1. The van der Waals surface area contributed by atoms with Gasteiger partial charge in [-0.1, -0.05) is 5.16 Å². The van der Waals surface area contributed by atoms with E-state index in [9.17, 15) is 13.5 Å². The van der Waals surface area contributed by atoms with Gasteiger partial charge in [0.1, 0.15) is 23.5 Å². The van der Waals surface area contributed by atoms with E-state index in [1.165, 1.54) is 10.6 Å². The standard InChI is InChI=1S/C18H25N5O5S.HI/c1-19-18(20-12-14-11-16(27-2)3-4-17(14)24)22-6-8-23(9-7-22)29(25,26)13-15-5-10-28-21-15;/h3-5,10-11,24H,6-9,12-13H2,1-2H3,(H,19,20);1H. The highest BCUT2D eigenvalue weighted by Gasteiger charge is 2.29. The molecule has 0 saturated carbocycles. The van der Waals surface area contributed by atoms with Gasteiger partial charge in [-0.3, -0.25) is 4.99 Å². The molecule has 1 aliphatic rings. The summed E-state index contributed by atoms with van der Waals surface area (Å²) in [4.78, 5) is 6.26. The van der Waals surface area contributed by atoms with Crippen LogP contribution in [0.2, 0.25) is 0 Å². The molecule has 0 aliphatic carbocycles. The summed E-state index contributed by atoms with van der Waals surface area (Å²) in [5.41, 5.74) is 1.07. The van der Waals surface area contributed by atoms with Gasteiger partial charge in [-0.05, 0) is 18.2 Å². The van der Waals surface area contributed by atoms with E-state index in [2.05, 4.69) is 15.5 Å². The average Bonchev–Trinajstić information content (AvgIpc) is 3.22. The van der Waals surface area contributed by atoms with Gasteiger partial charge < -0.3 is 24.6 Å². The zero-order valence-electron chi connectivity index (χ0n) is 16.8. The van der Waals surface area contributed by atoms with E-state index < -0.39 is 10.0 Å². The van der Waals surface area contributed by atoms with Crippen molar-refractivity contribution in [2.45, 2.75) is 12.3 Å². The highest BCUT2D eigenvalue weighted by molar-refractivity contribution is 14.0. The maximum Gasteiger partial charge on any atom is 0.220 e. The maximum absolute atomic E-state index is 12.5. The van der Waals surface area contributed by atoms with Crippen molar-refractivity contribution in [3.05, 3.63) is 41.8 Å². The van der Waals surface area contributed by atoms with Crippen molar-refractivity contribution in [2.75, 3.05) is 40.3 Å². The number of nitrogens with zero attached hydrogens (tertiary/aromatic N) is 4. The smallest absolute Gasteiger partial charge is 0.220 e. The molecule has 1 aromatic heterocycles. The van der Waals surface area contributed by atoms with Gasteiger partial charge in [0.2, 0.25) is 10.0 Å². The number of aromatic nitrogens is 1. The Kier molecular flexibility index (Phi) is 8.73. The predicted octanol–water partition coefficient (Wildman–Crippen LogP) is 1.23. The lowest BCUT2D eigenvalue weighted by molar-refractivity contribution is 0.259. The first kappa shape index (κ1) is 24.2. The fraction of sp³-hybridized carbons (Fsp3) is 0.444. The number of hydrogen-bond donors (Lipinski definition) is 2. The molecular weight excluding hydrogens is 525 g/mol. The van der Waals surface area contributed by atoms with Crippen LogP contribution < -0.4 is 10.1 Å². The molecule has 2 heterocycles. The highest BCUT2D eigenvalue weighted by Crippen LogP contribution is 2.22. The molecule has 0 atom stereocenters. The number of phenolic OH excluding ortho intramolecular Hbond substituents is 1. The third-order valence-electron chi connectivity index (χ3n) is 4.69. The van der Waals surface area contributed by atoms with E-state index in [1.54, 1.807) is 38.4 Å². The number of hydrogen-bond acceptors (Lipinski definition) is 7. The van der Waals surface area contributed by atoms with Gasteiger partial charge >= 0.3 is 0 Å². The molecule has 0 unspecified atom stereocenters. The first-order valence-electron chi connectivity index (χ1n) is 9.11. The van der Waals surface area contributed by atoms with Gasteiger partial charge in [-0.25, -0.2) is 8.42 Å². The molecule has 0 radical (unpaired) electrons. The van der Waals surface area contributed by atoms with E-state index in [-0.39, 0.29) is 35.5 Å². The molecule has 1 saturated heterocycles. The molecule has 2 N–H and O–H groups in total. The van der Waals surface area contributed by atoms with Crippen molar-refractivity contribution in [1.29, 1.82) is 0 Å². The van der Waals surface area contributed by atoms with Gasteiger partial charge in [0.25, 0.3) is 0 Å². The molecule has 10 nitrogen and oxygen atoms in total. The van der Waals surface area contributed by atoms with Crippen LogP contribution in [-0.2, 0) is 22.3 Å². The molecule has 1 aliphatic heterocycles. The zero-order valence-corrected chi connectivity index (χ0v) is 20.0. The number of piperazine rings is 1. The predicted molar refractivity (Wildman–Crippen MR) is 123 cm³/mol. The number of aliphatic imine (C=N–C) groups is 1. The Morgan fingerprint density at radius 2 is 2.03 bits per heavy atom. The molecule has 3 rings (SSSR count). The van der Waals surface area contributed by atoms with Gasteiger partial charge in [0.05, 0.1) is 12.8 Å². The summed E-state index contributed by atoms with van der Waals surface area (Å²) in [5.74, 6) is 1.28. The lowest BCUT2D eigenvalue weighted by atomic mass is 10.2. The number of halogens is 1. The van der Waals surface area contributed by atoms with Gasteiger partial charge in [-0.2, -0.15) is 4.31 Å². The van der Waals surface area contributed by atoms with Crippen LogP contribution in [0.4, 0.5) is 0 Å². The first-order valence-corrected chi connectivity index (χ1v) is 10.7. The molecule has 1 fully saturated rings. The van der Waals surface area contributed by atoms with Crippen molar-refractivity contribution in [3.63, 3.8) is 0 Å². The molecule has 30 heavy (non-hydrogen) atoms. The summed E-state index contributed by atoms with van der Waals surface area (Å²) in [5, 5.41) is 16.9. The van der Waals surface area contributed by atoms with Crippen molar-refractivity contribution < 1.29 is 22.8 Å². The Labute approximate surface area is 193 Å². The van der Waals surface area contributed by atoms with E-state index in [0.717, 1.165) is 0 Å². The van der Waals surface area contributed by atoms with Crippen molar-refractivity contribution in [1.82, 2.24) is 19.7 Å². The normalized spacial score (nSPS) is 15.5. The minimum absolute atomic E-state index is 0. The molecule has 2 aromatic rings. The second-order valence-electron chi connectivity index (χ2n) is 6.53. The topological polar surface area (TPSA) is 120 Å². The number of benzene rings is 1. The van der Waals surface area contributed by atoms with E-state index >= 15 is 0 Å². The lowest BCUT2D eigenvalue weighted by Gasteiger charge is -2.35. The van der Waals surface area contributed by atoms with Crippen LogP contribution in [0.3, 0.4) is 0 Å². The van der Waals surface area contributed by atoms with Gasteiger partial charge in [0.15, 0.2) is 5.96 Å². The third-order valence-corrected chi connectivity index (χ3v) is 6.50. The van der Waals surface area contributed by atoms with Crippen LogP contribution in [0.5, 0.6) is 11.5 Å². The lowest BCUT2D eigenvalue weighted by Crippen LogP contribution is -2.53. The minimum atomic E-state index is -3.45. The van der Waals surface area contributed by atoms with Crippen LogP contribution in [0.1, 0.15) is 11.3 Å². The Hall–Kier alpha value is -2.06. The minimum Gasteiger partial charge on any atom is -0.508 e. The first-order chi connectivity index (χ1) is 13.9. The Balaban J connectivity index is 0.00000320. The summed E-state index contributed by atoms with van der Waals surface area (Å²) < 4.78 is 36.4. The highest BCUT2D eigenvalue weighted by atomic mass is 127. The Bertz CT molecular complexity index is 944. The molecule has 0 amide bonds. The van der Waals surface area contributed by atoms with Crippen LogP contribution in [-0.4, -0.2) is 74.2 Å². The molecular formula is C18H26IN5O5S. The summed E-state index contributed by atoms with van der Waals surface area (Å²) in [6.45, 7) is 2.07. The van der Waals surface area contributed by atoms with Crippen LogP contribution in [0.25, 0.3) is 0 Å². The second-order valence-corrected chi connectivity index (χ2v) is 8.50. The molecule has 0 bridgehead atoms. The molecule has 166 valence electrons. The number of sulfonamides is 1. The monoisotopic (exact) mass is 551 g/mol. The van der Waals surface area contributed by atoms with Crippen LogP contribution in [0, 0.1) is 0 Å². The SMILES string of the molecule is CN=C(NCc1cc(OC)ccc1O)N1CCN(S(=O)(=O)Cc2ccon2)CC1.I. The van der Waals surface area contributed by atoms with Gasteiger partial charge in [0, 0.05) is 51.4 Å². The van der Waals surface area contributed by atoms with Crippen LogP contribution in [0.15, 0.2) is 40.0 Å². The van der Waals surface area contributed by atoms with E-state index in [0.29, 0.717) is 55.7 Å². The number of nitrogens with one attached hydrogen (secondary N) is 1. The van der Waals surface area contributed by atoms with Gasteiger partial charge in [-0.15, -0.1) is 24.0 Å². The molecule has 12 heteroatoms. The number of guanidine groups is 1. The summed E-state index contributed by atoms with van der Waals surface area (Å²) in [6, 6.07) is 6.57. The van der Waals surface area contributed by atoms with Crippen molar-refractivity contribution in [3.8, 4) is 11.5 Å². The summed E-state index contributed by atoms with van der Waals surface area (Å²) in [6.07, 6.45) is 1.36. The third kappa shape index (κ3) is 5.98. The second kappa shape index (κ2) is 10.8. The van der Waals surface area contributed by atoms with E-state index in [4.69, 9.17) is 9.26 Å². The van der Waals surface area contributed by atoms with Crippen molar-refractivity contribution in [2.24, 2.45) is 4.99 Å². The van der Waals surface area contributed by atoms with E-state index in [1.807, 2.05) is 4.90 Å².